The van der Waals surface area contributed by atoms with Gasteiger partial charge >= 0.3 is 0 Å². The van der Waals surface area contributed by atoms with Gasteiger partial charge in [0.15, 0.2) is 0 Å². The van der Waals surface area contributed by atoms with Crippen LogP contribution in [0.1, 0.15) is 34.8 Å². The number of thiazole rings is 1. The number of aromatic nitrogens is 2. The van der Waals surface area contributed by atoms with Crippen LogP contribution < -0.4 is 0 Å². The van der Waals surface area contributed by atoms with Gasteiger partial charge in [0, 0.05) is 37.3 Å². The molecule has 1 amide bonds. The van der Waals surface area contributed by atoms with Gasteiger partial charge in [0.25, 0.3) is 5.91 Å². The minimum absolute atomic E-state index is 0.144. The maximum absolute atomic E-state index is 12.6. The Hall–Kier alpha value is -1.62. The quantitative estimate of drug-likeness (QED) is 0.852. The second-order valence-electron chi connectivity index (χ2n) is 5.33. The number of carbonyl (C=O) groups is 1. The fraction of sp³-hybridized carbons (Fsp3) is 0.467. The molecule has 1 aliphatic heterocycles. The maximum atomic E-state index is 12.6. The number of hydrogen-bond donors (Lipinski definition) is 0. The molecule has 0 N–H and O–H groups in total. The van der Waals surface area contributed by atoms with Crippen LogP contribution in [-0.4, -0.2) is 33.4 Å². The lowest BCUT2D eigenvalue weighted by Gasteiger charge is -2.26. The largest absolute Gasteiger partial charge is 0.346 e. The zero-order valence-electron chi connectivity index (χ0n) is 11.9. The number of carbonyl (C=O) groups excluding carboxylic acids is 1. The molecule has 0 saturated carbocycles. The van der Waals surface area contributed by atoms with Crippen LogP contribution in [0.3, 0.4) is 0 Å². The van der Waals surface area contributed by atoms with Crippen molar-refractivity contribution in [3.05, 3.63) is 28.3 Å². The molecule has 2 aromatic rings. The van der Waals surface area contributed by atoms with E-state index in [9.17, 15) is 4.79 Å². The number of aryl methyl sites for hydroxylation is 2. The van der Waals surface area contributed by atoms with Crippen molar-refractivity contribution in [1.29, 1.82) is 0 Å². The molecule has 5 heteroatoms. The van der Waals surface area contributed by atoms with E-state index in [4.69, 9.17) is 0 Å². The summed E-state index contributed by atoms with van der Waals surface area (Å²) in [6.07, 6.45) is 5.47. The molecular formula is C15H19N3OS. The van der Waals surface area contributed by atoms with Crippen LogP contribution in [0.5, 0.6) is 0 Å². The fourth-order valence-electron chi connectivity index (χ4n) is 2.67. The van der Waals surface area contributed by atoms with Crippen LogP contribution in [0.2, 0.25) is 0 Å². The molecule has 106 valence electrons. The van der Waals surface area contributed by atoms with Gasteiger partial charge < -0.3 is 9.47 Å². The molecule has 1 fully saturated rings. The molecule has 0 bridgehead atoms. The number of amides is 1. The van der Waals surface area contributed by atoms with Crippen molar-refractivity contribution in [2.75, 3.05) is 13.1 Å². The first-order valence-corrected chi connectivity index (χ1v) is 7.91. The van der Waals surface area contributed by atoms with Crippen molar-refractivity contribution in [2.45, 2.75) is 26.2 Å². The standard InChI is InChI=1S/C15H19N3OS/c1-11-16-13(10-20-11)12-8-14(17(2)9-12)15(19)18-6-4-3-5-7-18/h8-10H,3-7H2,1-2H3. The van der Waals surface area contributed by atoms with E-state index in [1.807, 2.05) is 41.1 Å². The van der Waals surface area contributed by atoms with E-state index < -0.39 is 0 Å². The topological polar surface area (TPSA) is 38.1 Å². The van der Waals surface area contributed by atoms with Crippen LogP contribution in [0.4, 0.5) is 0 Å². The molecule has 20 heavy (non-hydrogen) atoms. The Bertz CT molecular complexity index is 623. The second kappa shape index (κ2) is 5.40. The van der Waals surface area contributed by atoms with Crippen LogP contribution in [0.25, 0.3) is 11.3 Å². The molecule has 1 aliphatic rings. The Balaban J connectivity index is 1.86. The number of hydrogen-bond acceptors (Lipinski definition) is 3. The Morgan fingerprint density at radius 3 is 2.70 bits per heavy atom. The number of piperidine rings is 1. The average molecular weight is 289 g/mol. The van der Waals surface area contributed by atoms with Crippen molar-refractivity contribution < 1.29 is 4.79 Å². The number of likely N-dealkylation sites (tertiary alicyclic amines) is 1. The smallest absolute Gasteiger partial charge is 0.270 e. The Kier molecular flexibility index (Phi) is 3.61. The highest BCUT2D eigenvalue weighted by Gasteiger charge is 2.21. The monoisotopic (exact) mass is 289 g/mol. The average Bonchev–Trinajstić information content (AvgIpc) is 3.05. The third kappa shape index (κ3) is 2.50. The third-order valence-electron chi connectivity index (χ3n) is 3.78. The van der Waals surface area contributed by atoms with Crippen molar-refractivity contribution in [3.8, 4) is 11.3 Å². The molecule has 0 radical (unpaired) electrons. The van der Waals surface area contributed by atoms with Gasteiger partial charge in [0.2, 0.25) is 0 Å². The molecule has 0 unspecified atom stereocenters. The SMILES string of the molecule is Cc1nc(-c2cc(C(=O)N3CCCCC3)n(C)c2)cs1. The molecule has 0 spiro atoms. The Morgan fingerprint density at radius 2 is 2.05 bits per heavy atom. The summed E-state index contributed by atoms with van der Waals surface area (Å²) in [6, 6.07) is 1.96. The number of rotatable bonds is 2. The van der Waals surface area contributed by atoms with Crippen molar-refractivity contribution in [2.24, 2.45) is 7.05 Å². The van der Waals surface area contributed by atoms with E-state index in [1.165, 1.54) is 6.42 Å². The predicted octanol–water partition coefficient (Wildman–Crippen LogP) is 3.08. The molecule has 1 saturated heterocycles. The summed E-state index contributed by atoms with van der Waals surface area (Å²) in [5.74, 6) is 0.144. The zero-order chi connectivity index (χ0) is 14.1. The molecule has 3 heterocycles. The molecule has 2 aromatic heterocycles. The summed E-state index contributed by atoms with van der Waals surface area (Å²) >= 11 is 1.64. The van der Waals surface area contributed by atoms with Gasteiger partial charge in [0.05, 0.1) is 10.7 Å². The van der Waals surface area contributed by atoms with Gasteiger partial charge in [0.1, 0.15) is 5.69 Å². The predicted molar refractivity (Wildman–Crippen MR) is 81.0 cm³/mol. The van der Waals surface area contributed by atoms with Gasteiger partial charge in [-0.2, -0.15) is 0 Å². The van der Waals surface area contributed by atoms with E-state index in [0.29, 0.717) is 0 Å². The van der Waals surface area contributed by atoms with E-state index in [-0.39, 0.29) is 5.91 Å². The molecule has 4 nitrogen and oxygen atoms in total. The van der Waals surface area contributed by atoms with E-state index in [1.54, 1.807) is 11.3 Å². The summed E-state index contributed by atoms with van der Waals surface area (Å²) in [7, 11) is 1.93. The lowest BCUT2D eigenvalue weighted by molar-refractivity contribution is 0.0714. The number of nitrogens with zero attached hydrogens (tertiary/aromatic N) is 3. The minimum atomic E-state index is 0.144. The summed E-state index contributed by atoms with van der Waals surface area (Å²) in [5, 5.41) is 3.09. The third-order valence-corrected chi connectivity index (χ3v) is 4.56. The Labute approximate surface area is 123 Å². The minimum Gasteiger partial charge on any atom is -0.346 e. The summed E-state index contributed by atoms with van der Waals surface area (Å²) in [4.78, 5) is 19.0. The van der Waals surface area contributed by atoms with Gasteiger partial charge in [-0.1, -0.05) is 0 Å². The molecule has 0 aliphatic carbocycles. The van der Waals surface area contributed by atoms with Gasteiger partial charge in [-0.05, 0) is 32.3 Å². The van der Waals surface area contributed by atoms with E-state index >= 15 is 0 Å². The fourth-order valence-corrected chi connectivity index (χ4v) is 3.29. The summed E-state index contributed by atoms with van der Waals surface area (Å²) < 4.78 is 1.92. The lowest BCUT2D eigenvalue weighted by atomic mass is 10.1. The molecule has 0 atom stereocenters. The molecular weight excluding hydrogens is 270 g/mol. The molecule has 3 rings (SSSR count). The van der Waals surface area contributed by atoms with Gasteiger partial charge in [-0.25, -0.2) is 4.98 Å². The van der Waals surface area contributed by atoms with Gasteiger partial charge in [-0.3, -0.25) is 4.79 Å². The van der Waals surface area contributed by atoms with Crippen molar-refractivity contribution in [1.82, 2.24) is 14.5 Å². The Morgan fingerprint density at radius 1 is 1.30 bits per heavy atom. The van der Waals surface area contributed by atoms with Crippen molar-refractivity contribution in [3.63, 3.8) is 0 Å². The first kappa shape index (κ1) is 13.4. The van der Waals surface area contributed by atoms with Crippen LogP contribution in [-0.2, 0) is 7.05 Å². The highest BCUT2D eigenvalue weighted by Crippen LogP contribution is 2.24. The zero-order valence-corrected chi connectivity index (χ0v) is 12.7. The normalized spacial score (nSPS) is 15.6. The first-order valence-electron chi connectivity index (χ1n) is 7.03. The highest BCUT2D eigenvalue weighted by molar-refractivity contribution is 7.09. The molecule has 0 aromatic carbocycles. The second-order valence-corrected chi connectivity index (χ2v) is 6.39. The maximum Gasteiger partial charge on any atom is 0.270 e. The van der Waals surface area contributed by atoms with Crippen LogP contribution >= 0.6 is 11.3 Å². The van der Waals surface area contributed by atoms with Gasteiger partial charge in [-0.15, -0.1) is 11.3 Å². The van der Waals surface area contributed by atoms with E-state index in [2.05, 4.69) is 4.98 Å². The van der Waals surface area contributed by atoms with Crippen LogP contribution in [0.15, 0.2) is 17.6 Å². The lowest BCUT2D eigenvalue weighted by Crippen LogP contribution is -2.36. The summed E-state index contributed by atoms with van der Waals surface area (Å²) in [6.45, 7) is 3.77. The summed E-state index contributed by atoms with van der Waals surface area (Å²) in [5.41, 5.74) is 2.74. The highest BCUT2D eigenvalue weighted by atomic mass is 32.1. The van der Waals surface area contributed by atoms with Crippen LogP contribution in [0, 0.1) is 6.92 Å². The van der Waals surface area contributed by atoms with E-state index in [0.717, 1.165) is 47.9 Å². The first-order chi connectivity index (χ1) is 9.65. The van der Waals surface area contributed by atoms with Crippen molar-refractivity contribution >= 4 is 17.2 Å².